The van der Waals surface area contributed by atoms with Gasteiger partial charge in [-0.15, -0.1) is 0 Å². The standard InChI is InChI=1S/C17H13FN6S.C12H9FN4.C5H5IN2S/c1-25-17-20-9-8-14(22-17)24-12-6-7-13(19)21-15(12)23-16(24)10-2-4-11(18)5-3-10;13-8-3-1-7(2-4-8)11-15-9-5-6-10(14)16-12(9)17-11;1-9-5-7-3-2-4(6)8-5/h2-9H,1H3,(H2,19,21);1-6H,(H3,14,15,16,17);2-3H,1H3. The predicted octanol–water partition coefficient (Wildman–Crippen LogP) is 7.47. The zero-order valence-electron chi connectivity index (χ0n) is 26.9. The van der Waals surface area contributed by atoms with Gasteiger partial charge in [0.05, 0.1) is 11.0 Å². The molecule has 0 atom stereocenters. The van der Waals surface area contributed by atoms with E-state index in [4.69, 9.17) is 11.5 Å². The van der Waals surface area contributed by atoms with E-state index in [-0.39, 0.29) is 11.6 Å². The van der Waals surface area contributed by atoms with E-state index < -0.39 is 0 Å². The number of nitrogen functional groups attached to an aromatic ring is 2. The van der Waals surface area contributed by atoms with Crippen molar-refractivity contribution in [2.45, 2.75) is 10.3 Å². The summed E-state index contributed by atoms with van der Waals surface area (Å²) in [4.78, 5) is 37.3. The number of aromatic nitrogens is 10. The highest BCUT2D eigenvalue weighted by Gasteiger charge is 2.17. The van der Waals surface area contributed by atoms with Crippen molar-refractivity contribution in [1.82, 2.24) is 49.4 Å². The van der Waals surface area contributed by atoms with Crippen molar-refractivity contribution >= 4 is 80.1 Å². The molecule has 0 amide bonds. The van der Waals surface area contributed by atoms with E-state index in [1.807, 2.05) is 35.3 Å². The van der Waals surface area contributed by atoms with E-state index in [0.717, 1.165) is 31.0 Å². The number of hydrogen-bond donors (Lipinski definition) is 3. The third kappa shape index (κ3) is 8.73. The smallest absolute Gasteiger partial charge is 0.189 e. The Hall–Kier alpha value is -5.27. The quantitative estimate of drug-likeness (QED) is 0.0676. The Morgan fingerprint density at radius 2 is 1.22 bits per heavy atom. The van der Waals surface area contributed by atoms with Crippen LogP contribution in [0.2, 0.25) is 0 Å². The van der Waals surface area contributed by atoms with Gasteiger partial charge < -0.3 is 16.5 Å². The second-order valence-corrected chi connectivity index (χ2v) is 13.0. The first-order valence-corrected chi connectivity index (χ1v) is 18.4. The van der Waals surface area contributed by atoms with Gasteiger partial charge in [-0.2, -0.15) is 0 Å². The lowest BCUT2D eigenvalue weighted by Crippen LogP contribution is -2.02. The lowest BCUT2D eigenvalue weighted by molar-refractivity contribution is 0.627. The molecular weight excluding hydrogens is 805 g/mol. The summed E-state index contributed by atoms with van der Waals surface area (Å²) in [5.41, 5.74) is 15.6. The Labute approximate surface area is 312 Å². The fourth-order valence-electron chi connectivity index (χ4n) is 4.63. The fourth-order valence-corrected chi connectivity index (χ4v) is 5.89. The SMILES string of the molecule is CSc1nccc(-n2c(-c3ccc(F)cc3)nc3nc(N)ccc32)n1.CSc1nccc(I)n1.Nc1ccc2[nH]c(-c3ccc(F)cc3)nc2n1. The number of hydrogen-bond acceptors (Lipinski definition) is 12. The Kier molecular flexibility index (Phi) is 11.3. The number of imidazole rings is 2. The lowest BCUT2D eigenvalue weighted by atomic mass is 10.2. The highest BCUT2D eigenvalue weighted by Crippen LogP contribution is 2.28. The molecule has 8 rings (SSSR count). The number of thioether (sulfide) groups is 2. The summed E-state index contributed by atoms with van der Waals surface area (Å²) in [7, 11) is 0. The van der Waals surface area contributed by atoms with Gasteiger partial charge in [-0.25, -0.2) is 48.7 Å². The number of rotatable bonds is 5. The van der Waals surface area contributed by atoms with E-state index in [9.17, 15) is 8.78 Å². The van der Waals surface area contributed by atoms with Gasteiger partial charge >= 0.3 is 0 Å². The van der Waals surface area contributed by atoms with Crippen LogP contribution in [0.25, 0.3) is 50.9 Å². The molecule has 6 heterocycles. The molecule has 0 saturated carbocycles. The van der Waals surface area contributed by atoms with Crippen LogP contribution in [-0.4, -0.2) is 61.9 Å². The van der Waals surface area contributed by atoms with Gasteiger partial charge in [0.2, 0.25) is 0 Å². The van der Waals surface area contributed by atoms with Gasteiger partial charge in [0.15, 0.2) is 21.6 Å². The van der Waals surface area contributed by atoms with Gasteiger partial charge in [0, 0.05) is 23.5 Å². The first-order valence-electron chi connectivity index (χ1n) is 14.9. The normalized spacial score (nSPS) is 10.8. The van der Waals surface area contributed by atoms with Crippen molar-refractivity contribution in [3.05, 3.63) is 113 Å². The Balaban J connectivity index is 0.000000148. The van der Waals surface area contributed by atoms with Crippen LogP contribution in [0.3, 0.4) is 0 Å². The fraction of sp³-hybridized carbons (Fsp3) is 0.0588. The molecule has 256 valence electrons. The summed E-state index contributed by atoms with van der Waals surface area (Å²) in [6.07, 6.45) is 7.33. The number of nitrogens with zero attached hydrogens (tertiary/aromatic N) is 9. The first-order chi connectivity index (χ1) is 24.7. The van der Waals surface area contributed by atoms with Crippen LogP contribution in [0.5, 0.6) is 0 Å². The summed E-state index contributed by atoms with van der Waals surface area (Å²) in [6.45, 7) is 0. The topological polar surface area (TPSA) is 176 Å². The monoisotopic (exact) mass is 832 g/mol. The van der Waals surface area contributed by atoms with E-state index in [1.165, 1.54) is 36.0 Å². The van der Waals surface area contributed by atoms with Crippen molar-refractivity contribution < 1.29 is 8.78 Å². The number of halogens is 3. The molecule has 0 fully saturated rings. The van der Waals surface area contributed by atoms with Crippen LogP contribution in [-0.2, 0) is 0 Å². The molecule has 12 nitrogen and oxygen atoms in total. The number of nitrogens with two attached hydrogens (primary N) is 2. The molecule has 0 unspecified atom stereocenters. The molecule has 0 spiro atoms. The minimum absolute atomic E-state index is 0.271. The van der Waals surface area contributed by atoms with Crippen LogP contribution < -0.4 is 11.5 Å². The average Bonchev–Trinajstić information content (AvgIpc) is 3.74. The van der Waals surface area contributed by atoms with Gasteiger partial charge in [-0.1, -0.05) is 23.5 Å². The maximum Gasteiger partial charge on any atom is 0.189 e. The van der Waals surface area contributed by atoms with E-state index >= 15 is 0 Å². The van der Waals surface area contributed by atoms with E-state index in [0.29, 0.717) is 45.6 Å². The molecule has 6 aromatic heterocycles. The number of benzene rings is 2. The lowest BCUT2D eigenvalue weighted by Gasteiger charge is -2.09. The largest absolute Gasteiger partial charge is 0.384 e. The minimum atomic E-state index is -0.305. The third-order valence-corrected chi connectivity index (χ3v) is 8.67. The van der Waals surface area contributed by atoms with Crippen LogP contribution >= 0.6 is 46.1 Å². The van der Waals surface area contributed by atoms with Gasteiger partial charge in [0.25, 0.3) is 0 Å². The van der Waals surface area contributed by atoms with E-state index in [2.05, 4.69) is 67.4 Å². The number of pyridine rings is 2. The van der Waals surface area contributed by atoms with Crippen molar-refractivity contribution in [2.75, 3.05) is 24.0 Å². The van der Waals surface area contributed by atoms with Crippen molar-refractivity contribution in [2.24, 2.45) is 0 Å². The molecule has 0 bridgehead atoms. The third-order valence-electron chi connectivity index (χ3n) is 6.94. The van der Waals surface area contributed by atoms with Crippen LogP contribution in [0.4, 0.5) is 20.4 Å². The van der Waals surface area contributed by atoms with Gasteiger partial charge in [0.1, 0.15) is 44.4 Å². The summed E-state index contributed by atoms with van der Waals surface area (Å²) >= 11 is 5.17. The summed E-state index contributed by atoms with van der Waals surface area (Å²) in [5.74, 6) is 2.15. The maximum absolute atomic E-state index is 13.3. The first kappa shape index (κ1) is 35.6. The van der Waals surface area contributed by atoms with E-state index in [1.54, 1.807) is 66.6 Å². The average molecular weight is 833 g/mol. The summed E-state index contributed by atoms with van der Waals surface area (Å²) in [5, 5.41) is 1.48. The summed E-state index contributed by atoms with van der Waals surface area (Å²) in [6, 6.07) is 23.0. The second kappa shape index (κ2) is 16.2. The zero-order valence-corrected chi connectivity index (χ0v) is 30.7. The molecule has 5 N–H and O–H groups in total. The number of nitrogens with one attached hydrogen (secondary N) is 1. The number of anilines is 2. The molecule has 2 aromatic carbocycles. The number of aromatic amines is 1. The zero-order chi connectivity index (χ0) is 35.9. The van der Waals surface area contributed by atoms with Gasteiger partial charge in [-0.05, 0) is 120 Å². The minimum Gasteiger partial charge on any atom is -0.384 e. The Morgan fingerprint density at radius 1 is 0.627 bits per heavy atom. The molecule has 51 heavy (non-hydrogen) atoms. The molecule has 0 saturated heterocycles. The highest BCUT2D eigenvalue weighted by molar-refractivity contribution is 14.1. The van der Waals surface area contributed by atoms with Crippen LogP contribution in [0, 0.1) is 15.3 Å². The molecule has 8 aromatic rings. The van der Waals surface area contributed by atoms with Crippen molar-refractivity contribution in [1.29, 1.82) is 0 Å². The molecule has 0 aliphatic heterocycles. The maximum atomic E-state index is 13.3. The van der Waals surface area contributed by atoms with Gasteiger partial charge in [-0.3, -0.25) is 4.57 Å². The molecule has 17 heteroatoms. The number of fused-ring (bicyclic) bond motifs is 2. The Morgan fingerprint density at radius 3 is 1.84 bits per heavy atom. The van der Waals surface area contributed by atoms with Crippen molar-refractivity contribution in [3.63, 3.8) is 0 Å². The number of H-pyrrole nitrogens is 1. The predicted molar refractivity (Wildman–Crippen MR) is 206 cm³/mol. The molecule has 0 aliphatic rings. The molecule has 0 radical (unpaired) electrons. The van der Waals surface area contributed by atoms with Crippen molar-refractivity contribution in [3.8, 4) is 28.6 Å². The highest BCUT2D eigenvalue weighted by atomic mass is 127. The summed E-state index contributed by atoms with van der Waals surface area (Å²) < 4.78 is 29.0. The Bertz CT molecular complexity index is 2420. The van der Waals surface area contributed by atoms with Crippen LogP contribution in [0.15, 0.2) is 108 Å². The molecule has 0 aliphatic carbocycles. The molecular formula is C34H27F2IN12S2. The van der Waals surface area contributed by atoms with Crippen LogP contribution in [0.1, 0.15) is 0 Å². The second-order valence-electron chi connectivity index (χ2n) is 10.3.